The predicted molar refractivity (Wildman–Crippen MR) is 106 cm³/mol. The van der Waals surface area contributed by atoms with E-state index in [2.05, 4.69) is 10.6 Å². The highest BCUT2D eigenvalue weighted by atomic mass is 32.2. The summed E-state index contributed by atoms with van der Waals surface area (Å²) in [7, 11) is 0.726. The van der Waals surface area contributed by atoms with Gasteiger partial charge in [-0.1, -0.05) is 0 Å². The SMILES string of the molecule is COc1cc(N[C@@H](C)C(=O)Nc2ccc(S(N)(=O)=O)cc2)cc(OC)c1OC. The highest BCUT2D eigenvalue weighted by Crippen LogP contribution is 2.40. The molecule has 0 unspecified atom stereocenters. The zero-order valence-electron chi connectivity index (χ0n) is 16.0. The van der Waals surface area contributed by atoms with Crippen molar-refractivity contribution in [2.45, 2.75) is 17.9 Å². The van der Waals surface area contributed by atoms with Gasteiger partial charge in [0, 0.05) is 23.5 Å². The minimum Gasteiger partial charge on any atom is -0.493 e. The minimum atomic E-state index is -3.78. The number of hydrogen-bond donors (Lipinski definition) is 3. The number of amides is 1. The van der Waals surface area contributed by atoms with Gasteiger partial charge in [-0.25, -0.2) is 13.6 Å². The molecule has 2 aromatic carbocycles. The molecule has 0 spiro atoms. The molecule has 28 heavy (non-hydrogen) atoms. The van der Waals surface area contributed by atoms with E-state index in [1.807, 2.05) is 0 Å². The van der Waals surface area contributed by atoms with Crippen LogP contribution in [0, 0.1) is 0 Å². The second-order valence-corrected chi connectivity index (χ2v) is 7.40. The first kappa shape index (κ1) is 21.3. The molecule has 0 radical (unpaired) electrons. The summed E-state index contributed by atoms with van der Waals surface area (Å²) in [5.41, 5.74) is 1.04. The topological polar surface area (TPSA) is 129 Å². The normalized spacial score (nSPS) is 12.0. The van der Waals surface area contributed by atoms with Crippen molar-refractivity contribution in [3.63, 3.8) is 0 Å². The van der Waals surface area contributed by atoms with Gasteiger partial charge >= 0.3 is 0 Å². The first-order chi connectivity index (χ1) is 13.2. The number of rotatable bonds is 8. The highest BCUT2D eigenvalue weighted by molar-refractivity contribution is 7.89. The molecule has 2 rings (SSSR count). The fourth-order valence-electron chi connectivity index (χ4n) is 2.46. The predicted octanol–water partition coefficient (Wildman–Crippen LogP) is 1.80. The third kappa shape index (κ3) is 5.05. The van der Waals surface area contributed by atoms with Crippen LogP contribution in [0.25, 0.3) is 0 Å². The van der Waals surface area contributed by atoms with E-state index in [1.165, 1.54) is 45.6 Å². The minimum absolute atomic E-state index is 0.0332. The second-order valence-electron chi connectivity index (χ2n) is 5.84. The van der Waals surface area contributed by atoms with Gasteiger partial charge in [-0.2, -0.15) is 0 Å². The molecule has 9 nitrogen and oxygen atoms in total. The van der Waals surface area contributed by atoms with Crippen molar-refractivity contribution in [1.82, 2.24) is 0 Å². The number of anilines is 2. The van der Waals surface area contributed by atoms with Crippen molar-refractivity contribution in [3.05, 3.63) is 36.4 Å². The molecule has 0 aliphatic carbocycles. The zero-order valence-corrected chi connectivity index (χ0v) is 16.8. The van der Waals surface area contributed by atoms with E-state index in [1.54, 1.807) is 19.1 Å². The number of primary sulfonamides is 1. The Balaban J connectivity index is 2.12. The number of nitrogens with one attached hydrogen (secondary N) is 2. The maximum atomic E-state index is 12.4. The molecule has 0 saturated heterocycles. The molecule has 2 aromatic rings. The smallest absolute Gasteiger partial charge is 0.246 e. The molecule has 0 aliphatic rings. The Morgan fingerprint density at radius 1 is 0.964 bits per heavy atom. The van der Waals surface area contributed by atoms with Gasteiger partial charge in [0.25, 0.3) is 0 Å². The van der Waals surface area contributed by atoms with Crippen LogP contribution >= 0.6 is 0 Å². The number of benzene rings is 2. The molecular weight excluding hydrogens is 386 g/mol. The monoisotopic (exact) mass is 409 g/mol. The second kappa shape index (κ2) is 8.81. The van der Waals surface area contributed by atoms with Crippen LogP contribution in [0.3, 0.4) is 0 Å². The molecule has 0 aromatic heterocycles. The number of sulfonamides is 1. The molecule has 10 heteroatoms. The molecule has 0 fully saturated rings. The lowest BCUT2D eigenvalue weighted by Crippen LogP contribution is -2.31. The van der Waals surface area contributed by atoms with Crippen LogP contribution in [0.15, 0.2) is 41.3 Å². The van der Waals surface area contributed by atoms with E-state index in [0.717, 1.165) is 0 Å². The highest BCUT2D eigenvalue weighted by Gasteiger charge is 2.17. The molecule has 152 valence electrons. The van der Waals surface area contributed by atoms with E-state index in [9.17, 15) is 13.2 Å². The quantitative estimate of drug-likeness (QED) is 0.606. The van der Waals surface area contributed by atoms with Crippen molar-refractivity contribution in [2.75, 3.05) is 32.0 Å². The third-order valence-electron chi connectivity index (χ3n) is 3.89. The lowest BCUT2D eigenvalue weighted by Gasteiger charge is -2.18. The van der Waals surface area contributed by atoms with Gasteiger partial charge < -0.3 is 24.8 Å². The van der Waals surface area contributed by atoms with Crippen LogP contribution in [-0.4, -0.2) is 41.7 Å². The summed E-state index contributed by atoms with van der Waals surface area (Å²) in [5, 5.41) is 10.8. The van der Waals surface area contributed by atoms with Gasteiger partial charge in [0.2, 0.25) is 21.7 Å². The fraction of sp³-hybridized carbons (Fsp3) is 0.278. The first-order valence-corrected chi connectivity index (χ1v) is 9.74. The van der Waals surface area contributed by atoms with Crippen molar-refractivity contribution >= 4 is 27.3 Å². The van der Waals surface area contributed by atoms with Crippen molar-refractivity contribution in [2.24, 2.45) is 5.14 Å². The Morgan fingerprint density at radius 3 is 1.93 bits per heavy atom. The number of nitrogens with two attached hydrogens (primary N) is 1. The Morgan fingerprint density at radius 2 is 1.50 bits per heavy atom. The molecular formula is C18H23N3O6S. The van der Waals surface area contributed by atoms with E-state index in [0.29, 0.717) is 28.6 Å². The van der Waals surface area contributed by atoms with E-state index < -0.39 is 16.1 Å². The van der Waals surface area contributed by atoms with Crippen molar-refractivity contribution in [3.8, 4) is 17.2 Å². The maximum absolute atomic E-state index is 12.4. The van der Waals surface area contributed by atoms with Crippen LogP contribution in [0.1, 0.15) is 6.92 Å². The van der Waals surface area contributed by atoms with E-state index >= 15 is 0 Å². The van der Waals surface area contributed by atoms with Crippen LogP contribution in [0.5, 0.6) is 17.2 Å². The van der Waals surface area contributed by atoms with Crippen LogP contribution < -0.4 is 30.0 Å². The van der Waals surface area contributed by atoms with Gasteiger partial charge in [-0.3, -0.25) is 4.79 Å². The molecule has 0 aliphatic heterocycles. The third-order valence-corrected chi connectivity index (χ3v) is 4.82. The largest absolute Gasteiger partial charge is 0.493 e. The Hall–Kier alpha value is -2.98. The van der Waals surface area contributed by atoms with Gasteiger partial charge in [0.05, 0.1) is 26.2 Å². The lowest BCUT2D eigenvalue weighted by molar-refractivity contribution is -0.116. The number of carbonyl (C=O) groups excluding carboxylic acids is 1. The van der Waals surface area contributed by atoms with Gasteiger partial charge in [0.1, 0.15) is 6.04 Å². The summed E-state index contributed by atoms with van der Waals surface area (Å²) in [6, 6.07) is 8.33. The summed E-state index contributed by atoms with van der Waals surface area (Å²) in [6.07, 6.45) is 0. The average Bonchev–Trinajstić information content (AvgIpc) is 2.66. The number of ether oxygens (including phenoxy) is 3. The Kier molecular flexibility index (Phi) is 6.71. The van der Waals surface area contributed by atoms with Crippen molar-refractivity contribution in [1.29, 1.82) is 0 Å². The van der Waals surface area contributed by atoms with Gasteiger partial charge in [-0.15, -0.1) is 0 Å². The fourth-order valence-corrected chi connectivity index (χ4v) is 2.97. The lowest BCUT2D eigenvalue weighted by atomic mass is 10.2. The number of methoxy groups -OCH3 is 3. The van der Waals surface area contributed by atoms with Crippen LogP contribution in [0.2, 0.25) is 0 Å². The van der Waals surface area contributed by atoms with E-state index in [4.69, 9.17) is 19.3 Å². The summed E-state index contributed by atoms with van der Waals surface area (Å²) in [6.45, 7) is 1.68. The average molecular weight is 409 g/mol. The van der Waals surface area contributed by atoms with E-state index in [-0.39, 0.29) is 10.8 Å². The van der Waals surface area contributed by atoms with Crippen LogP contribution in [-0.2, 0) is 14.8 Å². The summed E-state index contributed by atoms with van der Waals surface area (Å²) in [5.74, 6) is 1.03. The van der Waals surface area contributed by atoms with Gasteiger partial charge in [0.15, 0.2) is 11.5 Å². The zero-order chi connectivity index (χ0) is 20.9. The number of carbonyl (C=O) groups is 1. The number of hydrogen-bond acceptors (Lipinski definition) is 7. The van der Waals surface area contributed by atoms with Crippen molar-refractivity contribution < 1.29 is 27.4 Å². The maximum Gasteiger partial charge on any atom is 0.246 e. The molecule has 1 amide bonds. The molecule has 0 heterocycles. The molecule has 4 N–H and O–H groups in total. The Bertz CT molecular complexity index is 919. The summed E-state index contributed by atoms with van der Waals surface area (Å²) >= 11 is 0. The molecule has 1 atom stereocenters. The molecule has 0 bridgehead atoms. The van der Waals surface area contributed by atoms with Gasteiger partial charge in [-0.05, 0) is 31.2 Å². The first-order valence-electron chi connectivity index (χ1n) is 8.20. The summed E-state index contributed by atoms with van der Waals surface area (Å²) < 4.78 is 38.4. The van der Waals surface area contributed by atoms with Crippen LogP contribution in [0.4, 0.5) is 11.4 Å². The standard InChI is InChI=1S/C18H23N3O6S/c1-11(18(22)21-12-5-7-14(8-6-12)28(19,23)24)20-13-9-15(25-2)17(27-4)16(10-13)26-3/h5-11,20H,1-4H3,(H,21,22)(H2,19,23,24)/t11-/m0/s1. The summed E-state index contributed by atoms with van der Waals surface area (Å²) in [4.78, 5) is 12.4. The molecule has 0 saturated carbocycles. The Labute approximate surface area is 163 Å².